The van der Waals surface area contributed by atoms with Crippen LogP contribution in [-0.4, -0.2) is 29.1 Å². The smallest absolute Gasteiger partial charge is 0.288 e. The lowest BCUT2D eigenvalue weighted by molar-refractivity contribution is -0.124. The van der Waals surface area contributed by atoms with Gasteiger partial charge in [0.05, 0.1) is 5.69 Å². The van der Waals surface area contributed by atoms with E-state index >= 15 is 0 Å². The number of rotatable bonds is 5. The molecule has 0 atom stereocenters. The molecule has 1 amide bonds. The number of pyridine rings is 1. The number of fused-ring (bicyclic) bond motifs is 1. The molecule has 0 unspecified atom stereocenters. The van der Waals surface area contributed by atoms with Gasteiger partial charge in [0, 0.05) is 17.7 Å². The Hall–Kier alpha value is -3.27. The van der Waals surface area contributed by atoms with Crippen LogP contribution in [-0.2, 0) is 15.1 Å². The Labute approximate surface area is 155 Å². The Kier molecular flexibility index (Phi) is 5.17. The van der Waals surface area contributed by atoms with Crippen LogP contribution < -0.4 is 9.79 Å². The summed E-state index contributed by atoms with van der Waals surface area (Å²) in [6, 6.07) is 14.9. The third-order valence-corrected chi connectivity index (χ3v) is 4.58. The first-order valence-corrected chi connectivity index (χ1v) is 9.13. The summed E-state index contributed by atoms with van der Waals surface area (Å²) >= 11 is 0. The summed E-state index contributed by atoms with van der Waals surface area (Å²) < 4.78 is 34.3. The minimum Gasteiger partial charge on any atom is -0.288 e. The molecule has 3 N–H and O–H groups in total. The molecule has 0 spiro atoms. The second kappa shape index (κ2) is 7.54. The van der Waals surface area contributed by atoms with Crippen molar-refractivity contribution in [2.75, 3.05) is 4.31 Å². The van der Waals surface area contributed by atoms with Crippen molar-refractivity contribution in [2.45, 2.75) is 0 Å². The van der Waals surface area contributed by atoms with Crippen LogP contribution >= 0.6 is 0 Å². The predicted molar refractivity (Wildman–Crippen MR) is 101 cm³/mol. The van der Waals surface area contributed by atoms with E-state index in [1.165, 1.54) is 29.9 Å². The van der Waals surface area contributed by atoms with E-state index in [4.69, 9.17) is 5.21 Å². The summed E-state index contributed by atoms with van der Waals surface area (Å²) in [6.45, 7) is 0. The number of carbonyl (C=O) groups is 1. The summed E-state index contributed by atoms with van der Waals surface area (Å²) in [5.74, 6) is -0.654. The largest absolute Gasteiger partial charge is 0.365 e. The molecule has 3 aromatic rings. The minimum atomic E-state index is -4.63. The number of amides is 1. The van der Waals surface area contributed by atoms with E-state index in [1.54, 1.807) is 18.2 Å². The van der Waals surface area contributed by atoms with E-state index in [1.807, 2.05) is 24.3 Å². The van der Waals surface area contributed by atoms with Gasteiger partial charge >= 0.3 is 10.3 Å². The molecule has 1 aromatic heterocycles. The number of aromatic nitrogens is 1. The Morgan fingerprint density at radius 1 is 1.07 bits per heavy atom. The lowest BCUT2D eigenvalue weighted by Crippen LogP contribution is -2.26. The molecular weight excluding hydrogens is 370 g/mol. The van der Waals surface area contributed by atoms with Crippen LogP contribution in [0.15, 0.2) is 66.9 Å². The molecular formula is C18H15N3O5S. The van der Waals surface area contributed by atoms with E-state index in [2.05, 4.69) is 4.98 Å². The van der Waals surface area contributed by atoms with Crippen LogP contribution in [0.1, 0.15) is 5.56 Å². The maximum Gasteiger partial charge on any atom is 0.365 e. The van der Waals surface area contributed by atoms with Crippen molar-refractivity contribution in [1.82, 2.24) is 10.5 Å². The minimum absolute atomic E-state index is 0.0409. The Bertz CT molecular complexity index is 1110. The van der Waals surface area contributed by atoms with E-state index in [0.717, 1.165) is 16.8 Å². The molecule has 0 aliphatic rings. The van der Waals surface area contributed by atoms with Crippen molar-refractivity contribution in [3.63, 3.8) is 0 Å². The fourth-order valence-electron chi connectivity index (χ4n) is 2.50. The molecule has 0 saturated heterocycles. The van der Waals surface area contributed by atoms with Crippen LogP contribution in [0.25, 0.3) is 16.8 Å². The lowest BCUT2D eigenvalue weighted by Gasteiger charge is -2.20. The standard InChI is InChI=1S/C18H15N3O5S/c22-18(20-23)10-7-13-5-8-16(9-6-13)21(27(24,25)26)17-11-14-3-1-2-4-15(14)12-19-17/h1-12,23H,(H,20,22)(H,24,25,26)/b10-7+. The van der Waals surface area contributed by atoms with Crippen LogP contribution in [0.5, 0.6) is 0 Å². The Balaban J connectivity index is 2.00. The van der Waals surface area contributed by atoms with Gasteiger partial charge in [0.1, 0.15) is 5.82 Å². The summed E-state index contributed by atoms with van der Waals surface area (Å²) in [4.78, 5) is 15.1. The van der Waals surface area contributed by atoms with Crippen LogP contribution in [0.4, 0.5) is 11.5 Å². The first-order valence-electron chi connectivity index (χ1n) is 7.73. The Morgan fingerprint density at radius 2 is 1.74 bits per heavy atom. The van der Waals surface area contributed by atoms with Gasteiger partial charge in [0.25, 0.3) is 5.91 Å². The molecule has 0 saturated carbocycles. The molecule has 8 nitrogen and oxygen atoms in total. The molecule has 0 aliphatic carbocycles. The topological polar surface area (TPSA) is 120 Å². The molecule has 0 radical (unpaired) electrons. The van der Waals surface area contributed by atoms with Crippen molar-refractivity contribution >= 4 is 44.6 Å². The second-order valence-electron chi connectivity index (χ2n) is 5.53. The number of nitrogens with zero attached hydrogens (tertiary/aromatic N) is 2. The summed E-state index contributed by atoms with van der Waals surface area (Å²) in [6.07, 6.45) is 4.06. The zero-order chi connectivity index (χ0) is 19.4. The third kappa shape index (κ3) is 4.29. The van der Waals surface area contributed by atoms with Crippen LogP contribution in [0.3, 0.4) is 0 Å². The van der Waals surface area contributed by atoms with E-state index in [9.17, 15) is 17.8 Å². The van der Waals surface area contributed by atoms with Gasteiger partial charge in [-0.2, -0.15) is 12.7 Å². The van der Waals surface area contributed by atoms with Gasteiger partial charge in [-0.15, -0.1) is 0 Å². The van der Waals surface area contributed by atoms with Crippen molar-refractivity contribution < 1.29 is 23.0 Å². The number of carbonyl (C=O) groups excluding carboxylic acids is 1. The monoisotopic (exact) mass is 385 g/mol. The second-order valence-corrected chi connectivity index (χ2v) is 6.79. The fraction of sp³-hybridized carbons (Fsp3) is 0. The van der Waals surface area contributed by atoms with Crippen molar-refractivity contribution in [3.8, 4) is 0 Å². The Morgan fingerprint density at radius 3 is 2.37 bits per heavy atom. The lowest BCUT2D eigenvalue weighted by atomic mass is 10.1. The quantitative estimate of drug-likeness (QED) is 0.269. The summed E-state index contributed by atoms with van der Waals surface area (Å²) in [5, 5.41) is 10.1. The first-order chi connectivity index (χ1) is 12.9. The van der Waals surface area contributed by atoms with Gasteiger partial charge in [0.2, 0.25) is 0 Å². The highest BCUT2D eigenvalue weighted by Gasteiger charge is 2.23. The van der Waals surface area contributed by atoms with Gasteiger partial charge in [-0.3, -0.25) is 14.6 Å². The molecule has 2 aromatic carbocycles. The van der Waals surface area contributed by atoms with E-state index in [-0.39, 0.29) is 11.5 Å². The zero-order valence-corrected chi connectivity index (χ0v) is 14.7. The summed E-state index contributed by atoms with van der Waals surface area (Å²) in [5.41, 5.74) is 2.22. The third-order valence-electron chi connectivity index (χ3n) is 3.72. The average Bonchev–Trinajstić information content (AvgIpc) is 2.66. The van der Waals surface area contributed by atoms with Gasteiger partial charge in [0.15, 0.2) is 0 Å². The van der Waals surface area contributed by atoms with E-state index in [0.29, 0.717) is 9.87 Å². The number of hydrogen-bond donors (Lipinski definition) is 3. The molecule has 0 fully saturated rings. The molecule has 0 bridgehead atoms. The van der Waals surface area contributed by atoms with Gasteiger partial charge in [-0.05, 0) is 35.2 Å². The zero-order valence-electron chi connectivity index (χ0n) is 13.9. The molecule has 138 valence electrons. The SMILES string of the molecule is O=C(/C=C/c1ccc(N(c2cc3ccccc3cn2)S(=O)(=O)O)cc1)NO. The summed E-state index contributed by atoms with van der Waals surface area (Å²) in [7, 11) is -4.63. The highest BCUT2D eigenvalue weighted by atomic mass is 32.2. The predicted octanol–water partition coefficient (Wildman–Crippen LogP) is 2.69. The fourth-order valence-corrected chi connectivity index (χ4v) is 3.22. The van der Waals surface area contributed by atoms with Gasteiger partial charge in [-0.1, -0.05) is 36.4 Å². The number of benzene rings is 2. The molecule has 27 heavy (non-hydrogen) atoms. The number of hydrogen-bond acceptors (Lipinski definition) is 5. The highest BCUT2D eigenvalue weighted by Crippen LogP contribution is 2.29. The number of hydroxylamine groups is 1. The van der Waals surface area contributed by atoms with Crippen LogP contribution in [0.2, 0.25) is 0 Å². The van der Waals surface area contributed by atoms with Crippen molar-refractivity contribution in [2.24, 2.45) is 0 Å². The normalized spacial score (nSPS) is 11.6. The number of anilines is 2. The molecule has 0 aliphatic heterocycles. The maximum atomic E-state index is 12.0. The van der Waals surface area contributed by atoms with Crippen molar-refractivity contribution in [3.05, 3.63) is 72.4 Å². The maximum absolute atomic E-state index is 12.0. The van der Waals surface area contributed by atoms with Gasteiger partial charge < -0.3 is 0 Å². The van der Waals surface area contributed by atoms with Crippen molar-refractivity contribution in [1.29, 1.82) is 0 Å². The van der Waals surface area contributed by atoms with Gasteiger partial charge in [-0.25, -0.2) is 10.5 Å². The van der Waals surface area contributed by atoms with E-state index < -0.39 is 16.2 Å². The molecule has 1 heterocycles. The molecule has 9 heteroatoms. The molecule has 3 rings (SSSR count). The highest BCUT2D eigenvalue weighted by molar-refractivity contribution is 7.87. The van der Waals surface area contributed by atoms with Crippen LogP contribution in [0, 0.1) is 0 Å². The average molecular weight is 385 g/mol. The first kappa shape index (κ1) is 18.5. The number of nitrogens with one attached hydrogen (secondary N) is 1.